The summed E-state index contributed by atoms with van der Waals surface area (Å²) in [5, 5.41) is 14.2. The zero-order chi connectivity index (χ0) is 17.0. The Kier molecular flexibility index (Phi) is 5.44. The van der Waals surface area contributed by atoms with Gasteiger partial charge in [0.1, 0.15) is 11.6 Å². The predicted octanol–water partition coefficient (Wildman–Crippen LogP) is 2.92. The lowest BCUT2D eigenvalue weighted by molar-refractivity contribution is 0.251. The Morgan fingerprint density at radius 1 is 1.39 bits per heavy atom. The van der Waals surface area contributed by atoms with Gasteiger partial charge in [-0.15, -0.1) is 10.2 Å². The van der Waals surface area contributed by atoms with Crippen LogP contribution in [0.5, 0.6) is 5.75 Å². The number of rotatable bonds is 5. The third-order valence-electron chi connectivity index (χ3n) is 3.33. The Hall–Kier alpha value is -2.28. The minimum atomic E-state index is -0.375. The third-order valence-corrected chi connectivity index (χ3v) is 3.57. The molecule has 0 unspecified atom stereocenters. The molecule has 0 aliphatic heterocycles. The van der Waals surface area contributed by atoms with Gasteiger partial charge in [-0.05, 0) is 18.2 Å². The van der Waals surface area contributed by atoms with Gasteiger partial charge in [0.2, 0.25) is 0 Å². The second-order valence-corrected chi connectivity index (χ2v) is 5.78. The maximum atomic E-state index is 12.0. The van der Waals surface area contributed by atoms with Crippen LogP contribution in [0.25, 0.3) is 0 Å². The highest BCUT2D eigenvalue weighted by Crippen LogP contribution is 2.27. The molecule has 0 aliphatic carbocycles. The number of nitrogens with one attached hydrogen (secondary N) is 2. The van der Waals surface area contributed by atoms with Gasteiger partial charge in [-0.2, -0.15) is 0 Å². The number of amides is 2. The third kappa shape index (κ3) is 4.13. The van der Waals surface area contributed by atoms with Crippen molar-refractivity contribution in [3.63, 3.8) is 0 Å². The molecule has 0 radical (unpaired) electrons. The van der Waals surface area contributed by atoms with Crippen molar-refractivity contribution in [2.45, 2.75) is 26.3 Å². The van der Waals surface area contributed by atoms with Gasteiger partial charge in [0, 0.05) is 18.0 Å². The first kappa shape index (κ1) is 17.1. The molecule has 1 heterocycles. The van der Waals surface area contributed by atoms with Gasteiger partial charge in [0.05, 0.1) is 19.3 Å². The van der Waals surface area contributed by atoms with E-state index in [9.17, 15) is 4.79 Å². The maximum absolute atomic E-state index is 12.0. The number of nitrogens with zero attached hydrogens (tertiary/aromatic N) is 3. The van der Waals surface area contributed by atoms with Gasteiger partial charge in [-0.1, -0.05) is 25.4 Å². The van der Waals surface area contributed by atoms with Gasteiger partial charge in [0.15, 0.2) is 5.82 Å². The van der Waals surface area contributed by atoms with E-state index < -0.39 is 0 Å². The van der Waals surface area contributed by atoms with E-state index in [-0.39, 0.29) is 18.5 Å². The molecule has 2 amide bonds. The minimum Gasteiger partial charge on any atom is -0.495 e. The molecule has 0 fully saturated rings. The molecule has 0 spiro atoms. The van der Waals surface area contributed by atoms with E-state index in [2.05, 4.69) is 20.8 Å². The molecule has 1 aromatic heterocycles. The van der Waals surface area contributed by atoms with Crippen molar-refractivity contribution in [1.82, 2.24) is 20.1 Å². The number of methoxy groups -OCH3 is 1. The Morgan fingerprint density at radius 2 is 2.13 bits per heavy atom. The molecular weight excluding hydrogens is 318 g/mol. The summed E-state index contributed by atoms with van der Waals surface area (Å²) in [6.45, 7) is 4.35. The molecule has 0 saturated carbocycles. The summed E-state index contributed by atoms with van der Waals surface area (Å²) < 4.78 is 7.07. The van der Waals surface area contributed by atoms with Crippen LogP contribution in [0, 0.1) is 0 Å². The second kappa shape index (κ2) is 7.32. The van der Waals surface area contributed by atoms with Crippen LogP contribution in [-0.4, -0.2) is 27.9 Å². The van der Waals surface area contributed by atoms with E-state index in [1.807, 2.05) is 25.5 Å². The molecule has 2 rings (SSSR count). The van der Waals surface area contributed by atoms with Crippen molar-refractivity contribution in [2.75, 3.05) is 12.4 Å². The second-order valence-electron chi connectivity index (χ2n) is 5.34. The van der Waals surface area contributed by atoms with Crippen molar-refractivity contribution in [3.05, 3.63) is 34.9 Å². The van der Waals surface area contributed by atoms with Crippen molar-refractivity contribution >= 4 is 23.3 Å². The van der Waals surface area contributed by atoms with Gasteiger partial charge in [-0.3, -0.25) is 0 Å². The molecule has 1 aromatic carbocycles. The molecule has 0 atom stereocenters. The first-order valence-corrected chi connectivity index (χ1v) is 7.56. The van der Waals surface area contributed by atoms with Crippen LogP contribution in [0.4, 0.5) is 10.5 Å². The van der Waals surface area contributed by atoms with E-state index in [0.717, 1.165) is 5.82 Å². The number of ether oxygens (including phenoxy) is 1. The fourth-order valence-corrected chi connectivity index (χ4v) is 2.31. The Bertz CT molecular complexity index is 699. The highest BCUT2D eigenvalue weighted by Gasteiger charge is 2.13. The molecule has 124 valence electrons. The number of anilines is 1. The number of carbonyl (C=O) groups excluding carboxylic acids is 1. The van der Waals surface area contributed by atoms with Crippen LogP contribution in [0.2, 0.25) is 5.02 Å². The van der Waals surface area contributed by atoms with Crippen LogP contribution >= 0.6 is 11.6 Å². The number of hydrogen-bond donors (Lipinski definition) is 2. The number of urea groups is 1. The van der Waals surface area contributed by atoms with E-state index in [1.54, 1.807) is 18.2 Å². The van der Waals surface area contributed by atoms with Gasteiger partial charge >= 0.3 is 6.03 Å². The quantitative estimate of drug-likeness (QED) is 0.879. The molecule has 7 nitrogen and oxygen atoms in total. The molecule has 23 heavy (non-hydrogen) atoms. The predicted molar refractivity (Wildman–Crippen MR) is 89.0 cm³/mol. The average molecular weight is 338 g/mol. The minimum absolute atomic E-state index is 0.269. The van der Waals surface area contributed by atoms with Crippen molar-refractivity contribution in [2.24, 2.45) is 7.05 Å². The summed E-state index contributed by atoms with van der Waals surface area (Å²) in [5.74, 6) is 2.36. The van der Waals surface area contributed by atoms with Gasteiger partial charge < -0.3 is 19.9 Å². The maximum Gasteiger partial charge on any atom is 0.319 e. The SMILES string of the molecule is COc1ccc(Cl)cc1NC(=O)NCc1nnc(C(C)C)n1C. The zero-order valence-electron chi connectivity index (χ0n) is 13.6. The van der Waals surface area contributed by atoms with Crippen molar-refractivity contribution in [1.29, 1.82) is 0 Å². The number of benzene rings is 1. The highest BCUT2D eigenvalue weighted by atomic mass is 35.5. The van der Waals surface area contributed by atoms with Crippen LogP contribution in [0.3, 0.4) is 0 Å². The van der Waals surface area contributed by atoms with Crippen LogP contribution in [0.15, 0.2) is 18.2 Å². The summed E-state index contributed by atoms with van der Waals surface area (Å²) >= 11 is 5.93. The number of carbonyl (C=O) groups is 1. The number of aromatic nitrogens is 3. The summed E-state index contributed by atoms with van der Waals surface area (Å²) in [6.07, 6.45) is 0. The Labute approximate surface area is 140 Å². The Balaban J connectivity index is 2.00. The molecule has 2 aromatic rings. The zero-order valence-corrected chi connectivity index (χ0v) is 14.3. The van der Waals surface area contributed by atoms with E-state index >= 15 is 0 Å². The van der Waals surface area contributed by atoms with E-state index in [0.29, 0.717) is 22.3 Å². The molecule has 8 heteroatoms. The Morgan fingerprint density at radius 3 is 2.74 bits per heavy atom. The largest absolute Gasteiger partial charge is 0.495 e. The number of hydrogen-bond acceptors (Lipinski definition) is 4. The molecule has 0 bridgehead atoms. The molecule has 0 saturated heterocycles. The lowest BCUT2D eigenvalue weighted by atomic mass is 10.2. The lowest BCUT2D eigenvalue weighted by Gasteiger charge is -2.11. The van der Waals surface area contributed by atoms with Crippen LogP contribution in [0.1, 0.15) is 31.4 Å². The van der Waals surface area contributed by atoms with Crippen molar-refractivity contribution in [3.8, 4) is 5.75 Å². The van der Waals surface area contributed by atoms with Gasteiger partial charge in [0.25, 0.3) is 0 Å². The van der Waals surface area contributed by atoms with E-state index in [1.165, 1.54) is 7.11 Å². The normalized spacial score (nSPS) is 10.7. The van der Waals surface area contributed by atoms with Crippen molar-refractivity contribution < 1.29 is 9.53 Å². The topological polar surface area (TPSA) is 81.1 Å². The summed E-state index contributed by atoms with van der Waals surface area (Å²) in [7, 11) is 3.41. The standard InChI is InChI=1S/C15H20ClN5O2/c1-9(2)14-20-19-13(21(14)3)8-17-15(22)18-11-7-10(16)5-6-12(11)23-4/h5-7,9H,8H2,1-4H3,(H2,17,18,22). The van der Waals surface area contributed by atoms with E-state index in [4.69, 9.17) is 16.3 Å². The monoisotopic (exact) mass is 337 g/mol. The fourth-order valence-electron chi connectivity index (χ4n) is 2.14. The fraction of sp³-hybridized carbons (Fsp3) is 0.400. The average Bonchev–Trinajstić information content (AvgIpc) is 2.86. The number of halogens is 1. The summed E-state index contributed by atoms with van der Waals surface area (Å²) in [6, 6.07) is 4.63. The smallest absolute Gasteiger partial charge is 0.319 e. The van der Waals surface area contributed by atoms with Crippen LogP contribution in [-0.2, 0) is 13.6 Å². The highest BCUT2D eigenvalue weighted by molar-refractivity contribution is 6.31. The summed E-state index contributed by atoms with van der Waals surface area (Å²) in [4.78, 5) is 12.0. The lowest BCUT2D eigenvalue weighted by Crippen LogP contribution is -2.29. The van der Waals surface area contributed by atoms with Crippen LogP contribution < -0.4 is 15.4 Å². The molecule has 0 aliphatic rings. The summed E-state index contributed by atoms with van der Waals surface area (Å²) in [5.41, 5.74) is 0.498. The van der Waals surface area contributed by atoms with Gasteiger partial charge in [-0.25, -0.2) is 4.79 Å². The first-order chi connectivity index (χ1) is 10.9. The first-order valence-electron chi connectivity index (χ1n) is 7.19. The molecule has 2 N–H and O–H groups in total. The molecular formula is C15H20ClN5O2.